The van der Waals surface area contributed by atoms with E-state index in [1.165, 1.54) is 0 Å². The maximum absolute atomic E-state index is 9.17. The summed E-state index contributed by atoms with van der Waals surface area (Å²) in [7, 11) is 0. The van der Waals surface area contributed by atoms with Crippen molar-refractivity contribution in [2.45, 2.75) is 25.7 Å². The van der Waals surface area contributed by atoms with Gasteiger partial charge in [0.15, 0.2) is 0 Å². The summed E-state index contributed by atoms with van der Waals surface area (Å²) in [6.07, 6.45) is 0.118. The molecule has 0 bridgehead atoms. The Morgan fingerprint density at radius 2 is 0.718 bits per heavy atom. The van der Waals surface area contributed by atoms with Gasteiger partial charge in [0.05, 0.1) is 49.7 Å². The minimum atomic E-state index is -2.98. The third kappa shape index (κ3) is 87.9. The predicted octanol–water partition coefficient (Wildman–Crippen LogP) is -3.44. The van der Waals surface area contributed by atoms with E-state index in [0.717, 1.165) is 0 Å². The fourth-order valence-corrected chi connectivity index (χ4v) is 1.94. The second-order valence-corrected chi connectivity index (χ2v) is 5.14. The average Bonchev–Trinajstić information content (AvgIpc) is 2.64. The Morgan fingerprint density at radius 1 is 0.538 bits per heavy atom. The highest BCUT2D eigenvalue weighted by molar-refractivity contribution is 4.88. The van der Waals surface area contributed by atoms with E-state index in [1.54, 1.807) is 6.92 Å². The van der Waals surface area contributed by atoms with Crippen molar-refractivity contribution in [1.29, 1.82) is 0 Å². The van der Waals surface area contributed by atoms with Crippen LogP contribution in [-0.4, -0.2) is 87.0 Å². The Labute approximate surface area is 211 Å². The van der Waals surface area contributed by atoms with Gasteiger partial charge in [0.25, 0.3) is 5.97 Å². The van der Waals surface area contributed by atoms with Gasteiger partial charge in [0.2, 0.25) is 0 Å². The lowest BCUT2D eigenvalue weighted by Gasteiger charge is -2.41. The molecule has 0 fully saturated rings. The number of rotatable bonds is 7. The Bertz CT molecular complexity index is 546. The van der Waals surface area contributed by atoms with Gasteiger partial charge >= 0.3 is 0 Å². The third-order valence-corrected chi connectivity index (χ3v) is 2.85. The zero-order valence-electron chi connectivity index (χ0n) is 18.8. The SMILES string of the molecule is CCC(C(O)(O)O)C(CO)(CO)CCO.O=[N+]([O-])[O-].O=[N+]([O-])[O-].O=[N+]([O-])[O-].O=[N+]([O-])[O-].O=[N+]([O-])[O-].O=[N+]([O-])[O-]. The lowest BCUT2D eigenvalue weighted by molar-refractivity contribution is -0.403. The fraction of sp³-hybridized carbons (Fsp3) is 1.00. The van der Waals surface area contributed by atoms with Crippen molar-refractivity contribution in [2.75, 3.05) is 19.8 Å². The van der Waals surface area contributed by atoms with Gasteiger partial charge in [-0.2, -0.15) is 0 Å². The molecule has 0 radical (unpaired) electrons. The second kappa shape index (κ2) is 31.0. The van der Waals surface area contributed by atoms with Crippen LogP contribution in [0, 0.1) is 103 Å². The van der Waals surface area contributed by atoms with Crippen molar-refractivity contribution in [3.63, 3.8) is 0 Å². The molecule has 0 saturated heterocycles. The minimum Gasteiger partial charge on any atom is -0.396 e. The van der Waals surface area contributed by atoms with Gasteiger partial charge in [-0.15, -0.1) is 0 Å². The van der Waals surface area contributed by atoms with Gasteiger partial charge in [-0.05, 0) is 12.8 Å². The molecule has 0 heterocycles. The van der Waals surface area contributed by atoms with E-state index in [9.17, 15) is 0 Å². The van der Waals surface area contributed by atoms with Crippen molar-refractivity contribution in [3.05, 3.63) is 91.9 Å². The summed E-state index contributed by atoms with van der Waals surface area (Å²) in [6, 6.07) is 0. The molecule has 0 aliphatic carbocycles. The van der Waals surface area contributed by atoms with Crippen LogP contribution in [0.15, 0.2) is 0 Å². The van der Waals surface area contributed by atoms with Gasteiger partial charge in [-0.3, -0.25) is 0 Å². The maximum Gasteiger partial charge on any atom is 0.278 e. The summed E-state index contributed by atoms with van der Waals surface area (Å²) >= 11 is 0. The van der Waals surface area contributed by atoms with Gasteiger partial charge < -0.3 is 123 Å². The molecule has 0 aliphatic heterocycles. The van der Waals surface area contributed by atoms with Gasteiger partial charge in [0, 0.05) is 12.0 Å². The first-order valence-corrected chi connectivity index (χ1v) is 8.16. The van der Waals surface area contributed by atoms with Gasteiger partial charge in [-0.25, -0.2) is 0 Å². The summed E-state index contributed by atoms with van der Waals surface area (Å²) < 4.78 is 0. The fourth-order valence-electron chi connectivity index (χ4n) is 1.94. The van der Waals surface area contributed by atoms with Crippen molar-refractivity contribution >= 4 is 0 Å². The molecule has 1 atom stereocenters. The monoisotopic (exact) mass is 596 g/mol. The lowest BCUT2D eigenvalue weighted by atomic mass is 9.71. The minimum absolute atomic E-state index is 0.0259. The van der Waals surface area contributed by atoms with Crippen molar-refractivity contribution < 1.29 is 61.2 Å². The second-order valence-electron chi connectivity index (χ2n) is 5.14. The van der Waals surface area contributed by atoms with Crippen LogP contribution < -0.4 is 0 Å². The summed E-state index contributed by atoms with van der Waals surface area (Å²) in [5.41, 5.74) is -1.30. The Morgan fingerprint density at radius 3 is 0.795 bits per heavy atom. The van der Waals surface area contributed by atoms with E-state index in [2.05, 4.69) is 0 Å². The molecule has 1 unspecified atom stereocenters. The molecule has 236 valence electrons. The van der Waals surface area contributed by atoms with E-state index >= 15 is 0 Å². The molecule has 6 N–H and O–H groups in total. The smallest absolute Gasteiger partial charge is 0.278 e. The molecule has 30 heteroatoms. The van der Waals surface area contributed by atoms with E-state index in [4.69, 9.17) is 123 Å². The summed E-state index contributed by atoms with van der Waals surface area (Å²) in [4.78, 5) is 49.5. The Balaban J connectivity index is -0.0000000702. The summed E-state index contributed by atoms with van der Waals surface area (Å²) in [5, 5.41) is 143. The molecule has 0 aromatic carbocycles. The molecule has 30 nitrogen and oxygen atoms in total. The molecule has 0 saturated carbocycles. The quantitative estimate of drug-likeness (QED) is 0.0945. The van der Waals surface area contributed by atoms with Crippen LogP contribution in [0.25, 0.3) is 0 Å². The molecule has 39 heavy (non-hydrogen) atoms. The molecule has 0 aromatic rings. The van der Waals surface area contributed by atoms with Crippen LogP contribution in [-0.2, 0) is 0 Å². The normalized spacial score (nSPS) is 9.62. The van der Waals surface area contributed by atoms with Crippen LogP contribution in [0.2, 0.25) is 0 Å². The van der Waals surface area contributed by atoms with Crippen molar-refractivity contribution in [1.82, 2.24) is 0 Å². The highest BCUT2D eigenvalue weighted by Crippen LogP contribution is 2.38. The molecular formula is C9H20N6O24-6. The van der Waals surface area contributed by atoms with E-state index in [0.29, 0.717) is 0 Å². The van der Waals surface area contributed by atoms with Crippen molar-refractivity contribution in [3.8, 4) is 0 Å². The topological polar surface area (TPSA) is 519 Å². The molecule has 0 amide bonds. The predicted molar refractivity (Wildman–Crippen MR) is 114 cm³/mol. The van der Waals surface area contributed by atoms with Crippen molar-refractivity contribution in [2.24, 2.45) is 11.3 Å². The molecule has 0 aliphatic rings. The average molecular weight is 596 g/mol. The van der Waals surface area contributed by atoms with Crippen LogP contribution >= 0.6 is 0 Å². The largest absolute Gasteiger partial charge is 0.396 e. The van der Waals surface area contributed by atoms with Gasteiger partial charge in [0.1, 0.15) is 0 Å². The van der Waals surface area contributed by atoms with E-state index in [-0.39, 0.29) is 19.4 Å². The first kappa shape index (κ1) is 50.8. The highest BCUT2D eigenvalue weighted by atomic mass is 16.9. The van der Waals surface area contributed by atoms with E-state index < -0.39 is 61.0 Å². The first-order valence-electron chi connectivity index (χ1n) is 8.16. The zero-order chi connectivity index (χ0) is 33.6. The number of aliphatic hydroxyl groups excluding tert-OH is 3. The molecular weight excluding hydrogens is 576 g/mol. The third-order valence-electron chi connectivity index (χ3n) is 2.85. The van der Waals surface area contributed by atoms with Crippen LogP contribution in [0.3, 0.4) is 0 Å². The standard InChI is InChI=1S/C9H20O6.6NO3/c1-2-7(9(13,14)15)8(5-11,6-12)3-4-10;6*2-1(3)4/h7,10-15H,2-6H2,1H3;;;;;;/q;6*-1. The summed E-state index contributed by atoms with van der Waals surface area (Å²) in [6.45, 7) is 0.158. The molecule has 0 spiro atoms. The molecule has 0 rings (SSSR count). The Kier molecular flexibility index (Phi) is 40.3. The maximum atomic E-state index is 9.17. The number of hydrogen-bond donors (Lipinski definition) is 6. The van der Waals surface area contributed by atoms with Crippen LogP contribution in [0.5, 0.6) is 0 Å². The van der Waals surface area contributed by atoms with Gasteiger partial charge in [-0.1, -0.05) is 6.92 Å². The highest BCUT2D eigenvalue weighted by Gasteiger charge is 2.47. The number of hydrogen-bond acceptors (Lipinski definition) is 24. The first-order chi connectivity index (χ1) is 17.3. The zero-order valence-corrected chi connectivity index (χ0v) is 18.8. The van der Waals surface area contributed by atoms with Crippen LogP contribution in [0.4, 0.5) is 0 Å². The lowest BCUT2D eigenvalue weighted by Crippen LogP contribution is -2.51. The number of nitrogens with zero attached hydrogens (tertiary/aromatic N) is 6. The summed E-state index contributed by atoms with van der Waals surface area (Å²) in [5.74, 6) is -4.11. The number of aliphatic hydroxyl groups is 6. The molecule has 0 aromatic heterocycles. The van der Waals surface area contributed by atoms with E-state index in [1.807, 2.05) is 0 Å². The Hall–Kier alpha value is -5.04. The van der Waals surface area contributed by atoms with Crippen LogP contribution in [0.1, 0.15) is 19.8 Å².